The topological polar surface area (TPSA) is 148 Å². The lowest BCUT2D eigenvalue weighted by Crippen LogP contribution is -2.46. The summed E-state index contributed by atoms with van der Waals surface area (Å²) in [7, 11) is 0. The highest BCUT2D eigenvalue weighted by Crippen LogP contribution is 2.36. The minimum absolute atomic E-state index is 0.0326. The molecule has 0 saturated carbocycles. The van der Waals surface area contributed by atoms with Crippen LogP contribution < -0.4 is 26.0 Å². The summed E-state index contributed by atoms with van der Waals surface area (Å²) < 4.78 is 40.6. The molecular weight excluding hydrogens is 632 g/mol. The van der Waals surface area contributed by atoms with Crippen molar-refractivity contribution in [3.8, 4) is 11.5 Å². The molecular formula is C33H35F2N5O6S. The molecule has 2 aromatic carbocycles. The number of aromatic nitrogens is 1. The van der Waals surface area contributed by atoms with Gasteiger partial charge in [-0.25, -0.2) is 13.6 Å². The fourth-order valence-corrected chi connectivity index (χ4v) is 5.32. The summed E-state index contributed by atoms with van der Waals surface area (Å²) in [5, 5.41) is 10.1. The van der Waals surface area contributed by atoms with Crippen LogP contribution in [-0.4, -0.2) is 47.0 Å². The molecule has 4 N–H and O–H groups in total. The highest BCUT2D eigenvalue weighted by Gasteiger charge is 2.25. The van der Waals surface area contributed by atoms with Crippen LogP contribution in [0.1, 0.15) is 55.8 Å². The number of carbonyl (C=O) groups is 4. The van der Waals surface area contributed by atoms with Crippen molar-refractivity contribution in [3.63, 3.8) is 0 Å². The van der Waals surface area contributed by atoms with E-state index in [0.29, 0.717) is 16.8 Å². The van der Waals surface area contributed by atoms with Crippen LogP contribution in [0.4, 0.5) is 25.0 Å². The van der Waals surface area contributed by atoms with Gasteiger partial charge in [-0.2, -0.15) is 0 Å². The smallest absolute Gasteiger partial charge is 0.323 e. The van der Waals surface area contributed by atoms with Gasteiger partial charge < -0.3 is 30.7 Å². The molecule has 1 atom stereocenters. The summed E-state index contributed by atoms with van der Waals surface area (Å²) in [5.41, 5.74) is 0.271. The van der Waals surface area contributed by atoms with Crippen molar-refractivity contribution in [2.45, 2.75) is 59.1 Å². The van der Waals surface area contributed by atoms with Gasteiger partial charge in [-0.1, -0.05) is 6.07 Å². The Morgan fingerprint density at radius 1 is 0.957 bits per heavy atom. The van der Waals surface area contributed by atoms with Gasteiger partial charge in [-0.15, -0.1) is 11.3 Å². The molecule has 0 spiro atoms. The largest absolute Gasteiger partial charge is 0.460 e. The van der Waals surface area contributed by atoms with Crippen LogP contribution in [0.15, 0.2) is 54.7 Å². The number of nitrogens with zero attached hydrogens (tertiary/aromatic N) is 1. The highest BCUT2D eigenvalue weighted by atomic mass is 32.1. The minimum atomic E-state index is -0.989. The molecule has 2 heterocycles. The highest BCUT2D eigenvalue weighted by molar-refractivity contribution is 7.21. The summed E-state index contributed by atoms with van der Waals surface area (Å²) >= 11 is 1.06. The third kappa shape index (κ3) is 9.69. The number of thiophene rings is 1. The molecule has 47 heavy (non-hydrogen) atoms. The third-order valence-electron chi connectivity index (χ3n) is 6.42. The Hall–Kier alpha value is -5.11. The van der Waals surface area contributed by atoms with Gasteiger partial charge in [0.25, 0.3) is 5.91 Å². The quantitative estimate of drug-likeness (QED) is 0.131. The lowest BCUT2D eigenvalue weighted by atomic mass is 10.1. The Balaban J connectivity index is 1.45. The molecule has 0 fully saturated rings. The van der Waals surface area contributed by atoms with Gasteiger partial charge in [-0.05, 0) is 76.9 Å². The number of hydrogen-bond acceptors (Lipinski definition) is 8. The predicted octanol–water partition coefficient (Wildman–Crippen LogP) is 6.68. The number of aryl methyl sites for hydroxylation is 1. The first kappa shape index (κ1) is 34.8. The average Bonchev–Trinajstić information content (AvgIpc) is 3.43. The lowest BCUT2D eigenvalue weighted by molar-refractivity contribution is -0.155. The first-order valence-corrected chi connectivity index (χ1v) is 15.5. The van der Waals surface area contributed by atoms with E-state index >= 15 is 0 Å². The number of likely N-dealkylation sites (N-methyl/N-ethyl adjacent to an activating group) is 1. The fraction of sp³-hybridized carbons (Fsp3) is 0.303. The van der Waals surface area contributed by atoms with Gasteiger partial charge in [0.05, 0.1) is 26.5 Å². The third-order valence-corrected chi connectivity index (χ3v) is 7.55. The van der Waals surface area contributed by atoms with Crippen LogP contribution in [0.25, 0.3) is 10.2 Å². The van der Waals surface area contributed by atoms with Crippen LogP contribution in [0, 0.1) is 18.6 Å². The van der Waals surface area contributed by atoms with Crippen molar-refractivity contribution < 1.29 is 37.4 Å². The summed E-state index contributed by atoms with van der Waals surface area (Å²) in [5.74, 6) is -2.53. The van der Waals surface area contributed by atoms with Crippen LogP contribution in [-0.2, 0) is 14.3 Å². The Bertz CT molecular complexity index is 1810. The van der Waals surface area contributed by atoms with E-state index in [4.69, 9.17) is 9.47 Å². The summed E-state index contributed by atoms with van der Waals surface area (Å²) in [6, 6.07) is 9.28. The molecule has 0 bridgehead atoms. The number of nitrogens with one attached hydrogen (secondary N) is 4. The van der Waals surface area contributed by atoms with Gasteiger partial charge in [0, 0.05) is 31.3 Å². The molecule has 0 saturated heterocycles. The van der Waals surface area contributed by atoms with Crippen LogP contribution in [0.5, 0.6) is 11.5 Å². The molecule has 11 nitrogen and oxygen atoms in total. The number of halogens is 2. The number of ether oxygens (including phenoxy) is 2. The van der Waals surface area contributed by atoms with E-state index < -0.39 is 47.1 Å². The number of pyridine rings is 1. The Labute approximate surface area is 274 Å². The summed E-state index contributed by atoms with van der Waals surface area (Å²) in [6.07, 6.45) is 1.42. The predicted molar refractivity (Wildman–Crippen MR) is 175 cm³/mol. The molecule has 248 valence electrons. The summed E-state index contributed by atoms with van der Waals surface area (Å²) in [4.78, 5) is 55.0. The minimum Gasteiger partial charge on any atom is -0.460 e. The maximum Gasteiger partial charge on any atom is 0.323 e. The molecule has 2 aromatic heterocycles. The lowest BCUT2D eigenvalue weighted by Gasteiger charge is -2.21. The zero-order chi connectivity index (χ0) is 34.3. The normalized spacial score (nSPS) is 11.8. The van der Waals surface area contributed by atoms with Crippen LogP contribution in [0.2, 0.25) is 0 Å². The number of rotatable bonds is 11. The molecule has 14 heteroatoms. The van der Waals surface area contributed by atoms with E-state index in [1.165, 1.54) is 36.5 Å². The van der Waals surface area contributed by atoms with Crippen molar-refractivity contribution in [2.75, 3.05) is 17.2 Å². The number of esters is 1. The van der Waals surface area contributed by atoms with Crippen LogP contribution in [0.3, 0.4) is 0 Å². The van der Waals surface area contributed by atoms with Gasteiger partial charge in [0.15, 0.2) is 0 Å². The Kier molecular flexibility index (Phi) is 11.1. The molecule has 4 amide bonds. The Morgan fingerprint density at radius 2 is 1.70 bits per heavy atom. The van der Waals surface area contributed by atoms with E-state index in [0.717, 1.165) is 23.0 Å². The van der Waals surface area contributed by atoms with Crippen molar-refractivity contribution in [2.24, 2.45) is 0 Å². The van der Waals surface area contributed by atoms with Crippen molar-refractivity contribution in [1.82, 2.24) is 15.6 Å². The second-order valence-electron chi connectivity index (χ2n) is 11.5. The second-order valence-corrected chi connectivity index (χ2v) is 12.5. The fourth-order valence-electron chi connectivity index (χ4n) is 4.36. The monoisotopic (exact) mass is 667 g/mol. The van der Waals surface area contributed by atoms with Crippen molar-refractivity contribution >= 4 is 56.7 Å². The maximum atomic E-state index is 14.9. The number of hydrogen-bond donors (Lipinski definition) is 4. The van der Waals surface area contributed by atoms with E-state index in [-0.39, 0.29) is 40.6 Å². The van der Waals surface area contributed by atoms with Gasteiger partial charge in [0.1, 0.15) is 34.8 Å². The first-order chi connectivity index (χ1) is 22.2. The molecule has 0 aliphatic heterocycles. The van der Waals surface area contributed by atoms with E-state index in [9.17, 15) is 28.0 Å². The zero-order valence-electron chi connectivity index (χ0n) is 26.5. The molecule has 0 radical (unpaired) electrons. The number of anilines is 2. The van der Waals surface area contributed by atoms with Gasteiger partial charge in [-0.3, -0.25) is 19.4 Å². The van der Waals surface area contributed by atoms with Gasteiger partial charge in [0.2, 0.25) is 5.91 Å². The van der Waals surface area contributed by atoms with Crippen molar-refractivity contribution in [1.29, 1.82) is 0 Å². The van der Waals surface area contributed by atoms with E-state index in [1.807, 2.05) is 0 Å². The SMILES string of the molecule is CCNC(=O)[C@H](CCC(=O)OC(C)(C)C)NC(=O)c1cc2nccc(Oc3ccc(NC(=O)Nc4cc(C)ccc4F)c(F)c3)c2s1. The zero-order valence-corrected chi connectivity index (χ0v) is 27.3. The number of urea groups is 1. The average molecular weight is 668 g/mol. The van der Waals surface area contributed by atoms with Gasteiger partial charge >= 0.3 is 12.0 Å². The Morgan fingerprint density at radius 3 is 2.40 bits per heavy atom. The number of benzene rings is 2. The molecule has 0 aliphatic rings. The molecule has 0 unspecified atom stereocenters. The number of fused-ring (bicyclic) bond motifs is 1. The molecule has 0 aliphatic carbocycles. The first-order valence-electron chi connectivity index (χ1n) is 14.7. The standard InChI is InChI=1S/C33H35F2N5O6S/c1-6-36-30(42)23(11-12-28(41)46-33(3,4)5)38-31(43)27-17-25-29(47-27)26(13-14-37-25)45-19-8-10-22(21(35)16-19)39-32(44)40-24-15-18(2)7-9-20(24)34/h7-10,13-17,23H,6,11-12H2,1-5H3,(H,36,42)(H,38,43)(H2,39,40,44)/t23-/m0/s1. The molecule has 4 aromatic rings. The summed E-state index contributed by atoms with van der Waals surface area (Å²) in [6.45, 7) is 9.04. The molecule has 4 rings (SSSR count). The van der Waals surface area contributed by atoms with E-state index in [1.54, 1.807) is 46.8 Å². The van der Waals surface area contributed by atoms with Crippen molar-refractivity contribution in [3.05, 3.63) is 76.8 Å². The number of amides is 4. The number of carbonyl (C=O) groups excluding carboxylic acids is 4. The maximum absolute atomic E-state index is 14.9. The second kappa shape index (κ2) is 15.0. The van der Waals surface area contributed by atoms with E-state index in [2.05, 4.69) is 26.3 Å². The van der Waals surface area contributed by atoms with Crippen LogP contribution >= 0.6 is 11.3 Å².